The second-order valence-electron chi connectivity index (χ2n) is 2.30. The van der Waals surface area contributed by atoms with Crippen molar-refractivity contribution in [2.45, 2.75) is 6.92 Å². The zero-order valence-corrected chi connectivity index (χ0v) is 5.92. The Morgan fingerprint density at radius 1 is 1.30 bits per heavy atom. The summed E-state index contributed by atoms with van der Waals surface area (Å²) in [6.45, 7) is 5.67. The van der Waals surface area contributed by atoms with Gasteiger partial charge in [-0.2, -0.15) is 0 Å². The fourth-order valence-corrected chi connectivity index (χ4v) is 0.739. The van der Waals surface area contributed by atoms with Gasteiger partial charge in [0.1, 0.15) is 0 Å². The molecular weight excluding hydrogens is 124 g/mol. The molecule has 0 spiro atoms. The van der Waals surface area contributed by atoms with Gasteiger partial charge in [0.2, 0.25) is 0 Å². The molecule has 0 heterocycles. The molecule has 0 aliphatic heterocycles. The van der Waals surface area contributed by atoms with Gasteiger partial charge in [-0.05, 0) is 24.6 Å². The van der Waals surface area contributed by atoms with Crippen LogP contribution >= 0.6 is 0 Å². The van der Waals surface area contributed by atoms with Crippen molar-refractivity contribution >= 4 is 5.57 Å². The second kappa shape index (κ2) is 2.56. The van der Waals surface area contributed by atoms with Crippen LogP contribution in [-0.2, 0) is 5.11 Å². The van der Waals surface area contributed by atoms with Gasteiger partial charge in [-0.15, -0.1) is 0 Å². The number of hydrogen-bond donors (Lipinski definition) is 0. The van der Waals surface area contributed by atoms with Crippen LogP contribution in [0.4, 0.5) is 0 Å². The largest absolute Gasteiger partial charge is 0.290 e. The van der Waals surface area contributed by atoms with Crippen molar-refractivity contribution in [2.75, 3.05) is 0 Å². The highest BCUT2D eigenvalue weighted by atomic mass is 16.3. The standard InChI is InChI=1S/C9H9O/c1-7(2)8-3-5-9(10)6-4-8/h3-6H,1H2,2H3. The third kappa shape index (κ3) is 1.38. The van der Waals surface area contributed by atoms with Crippen molar-refractivity contribution in [3.8, 4) is 5.75 Å². The van der Waals surface area contributed by atoms with Crippen LogP contribution in [0.25, 0.3) is 5.57 Å². The summed E-state index contributed by atoms with van der Waals surface area (Å²) in [4.78, 5) is 0. The van der Waals surface area contributed by atoms with Crippen LogP contribution in [-0.4, -0.2) is 0 Å². The van der Waals surface area contributed by atoms with Gasteiger partial charge in [0.15, 0.2) is 5.75 Å². The highest BCUT2D eigenvalue weighted by molar-refractivity contribution is 5.61. The molecule has 0 unspecified atom stereocenters. The first-order valence-corrected chi connectivity index (χ1v) is 3.13. The molecule has 0 N–H and O–H groups in total. The van der Waals surface area contributed by atoms with Gasteiger partial charge in [-0.25, -0.2) is 0 Å². The molecule has 0 amide bonds. The summed E-state index contributed by atoms with van der Waals surface area (Å²) < 4.78 is 0. The molecule has 1 aromatic carbocycles. The highest BCUT2D eigenvalue weighted by Gasteiger charge is 1.92. The Kier molecular flexibility index (Phi) is 1.76. The summed E-state index contributed by atoms with van der Waals surface area (Å²) in [6.07, 6.45) is 0. The third-order valence-corrected chi connectivity index (χ3v) is 1.35. The fraction of sp³-hybridized carbons (Fsp3) is 0.111. The van der Waals surface area contributed by atoms with Crippen LogP contribution < -0.4 is 0 Å². The molecule has 1 radical (unpaired) electrons. The fourth-order valence-electron chi connectivity index (χ4n) is 0.739. The first-order valence-electron chi connectivity index (χ1n) is 3.13. The molecule has 51 valence electrons. The van der Waals surface area contributed by atoms with E-state index in [2.05, 4.69) is 6.58 Å². The van der Waals surface area contributed by atoms with Crippen LogP contribution in [0.15, 0.2) is 30.8 Å². The minimum absolute atomic E-state index is 0.0463. The first kappa shape index (κ1) is 6.87. The van der Waals surface area contributed by atoms with Gasteiger partial charge < -0.3 is 0 Å². The summed E-state index contributed by atoms with van der Waals surface area (Å²) in [5.74, 6) is 0.0463. The van der Waals surface area contributed by atoms with E-state index in [0.717, 1.165) is 11.1 Å². The van der Waals surface area contributed by atoms with Gasteiger partial charge >= 0.3 is 0 Å². The van der Waals surface area contributed by atoms with E-state index in [1.54, 1.807) is 24.3 Å². The molecule has 0 aromatic heterocycles. The Hall–Kier alpha value is -1.24. The van der Waals surface area contributed by atoms with Crippen LogP contribution in [0.3, 0.4) is 0 Å². The van der Waals surface area contributed by atoms with Crippen molar-refractivity contribution in [2.24, 2.45) is 0 Å². The molecule has 1 nitrogen and oxygen atoms in total. The first-order chi connectivity index (χ1) is 4.70. The van der Waals surface area contributed by atoms with Crippen LogP contribution in [0.1, 0.15) is 12.5 Å². The number of rotatable bonds is 1. The topological polar surface area (TPSA) is 19.9 Å². The van der Waals surface area contributed by atoms with Crippen molar-refractivity contribution in [3.63, 3.8) is 0 Å². The van der Waals surface area contributed by atoms with E-state index in [4.69, 9.17) is 0 Å². The van der Waals surface area contributed by atoms with E-state index in [-0.39, 0.29) is 5.75 Å². The van der Waals surface area contributed by atoms with E-state index in [1.807, 2.05) is 6.92 Å². The summed E-state index contributed by atoms with van der Waals surface area (Å²) in [7, 11) is 0. The van der Waals surface area contributed by atoms with Crippen molar-refractivity contribution in [1.29, 1.82) is 0 Å². The summed E-state index contributed by atoms with van der Waals surface area (Å²) in [5.41, 5.74) is 2.01. The minimum Gasteiger partial charge on any atom is -0.290 e. The van der Waals surface area contributed by atoms with E-state index in [1.165, 1.54) is 0 Å². The molecule has 0 aliphatic carbocycles. The molecule has 10 heavy (non-hydrogen) atoms. The molecule has 1 rings (SSSR count). The number of benzene rings is 1. The maximum Gasteiger partial charge on any atom is 0.178 e. The van der Waals surface area contributed by atoms with Crippen molar-refractivity contribution in [1.82, 2.24) is 0 Å². The van der Waals surface area contributed by atoms with Crippen LogP contribution in [0, 0.1) is 0 Å². The lowest BCUT2D eigenvalue weighted by Gasteiger charge is -1.96. The SMILES string of the molecule is C=C(C)c1ccc([O])cc1. The normalized spacial score (nSPS) is 9.30. The molecule has 0 aliphatic rings. The number of hydrogen-bond acceptors (Lipinski definition) is 0. The Bertz CT molecular complexity index is 233. The quantitative estimate of drug-likeness (QED) is 0.561. The average Bonchev–Trinajstić information content (AvgIpc) is 1.88. The number of allylic oxidation sites excluding steroid dienone is 1. The molecule has 0 atom stereocenters. The van der Waals surface area contributed by atoms with Gasteiger partial charge in [0.05, 0.1) is 0 Å². The van der Waals surface area contributed by atoms with Crippen molar-refractivity contribution < 1.29 is 5.11 Å². The average molecular weight is 133 g/mol. The zero-order valence-electron chi connectivity index (χ0n) is 5.92. The molecule has 1 aromatic rings. The lowest BCUT2D eigenvalue weighted by Crippen LogP contribution is -1.73. The van der Waals surface area contributed by atoms with E-state index >= 15 is 0 Å². The molecule has 0 saturated carbocycles. The van der Waals surface area contributed by atoms with Crippen LogP contribution in [0.5, 0.6) is 5.75 Å². The van der Waals surface area contributed by atoms with Gasteiger partial charge in [-0.1, -0.05) is 24.3 Å². The van der Waals surface area contributed by atoms with E-state index < -0.39 is 0 Å². The van der Waals surface area contributed by atoms with E-state index in [9.17, 15) is 5.11 Å². The molecule has 0 saturated heterocycles. The molecule has 0 fully saturated rings. The zero-order chi connectivity index (χ0) is 7.56. The summed E-state index contributed by atoms with van der Waals surface area (Å²) in [5, 5.41) is 10.6. The molecule has 0 bridgehead atoms. The maximum absolute atomic E-state index is 10.6. The van der Waals surface area contributed by atoms with Gasteiger partial charge in [0.25, 0.3) is 0 Å². The lowest BCUT2D eigenvalue weighted by atomic mass is 10.1. The predicted octanol–water partition coefficient (Wildman–Crippen LogP) is 2.86. The Morgan fingerprint density at radius 3 is 2.20 bits per heavy atom. The molecule has 1 heteroatoms. The summed E-state index contributed by atoms with van der Waals surface area (Å²) >= 11 is 0. The van der Waals surface area contributed by atoms with E-state index in [0.29, 0.717) is 0 Å². The van der Waals surface area contributed by atoms with Crippen LogP contribution in [0.2, 0.25) is 0 Å². The Morgan fingerprint density at radius 2 is 1.80 bits per heavy atom. The maximum atomic E-state index is 10.6. The smallest absolute Gasteiger partial charge is 0.178 e. The van der Waals surface area contributed by atoms with Gasteiger partial charge in [0, 0.05) is 0 Å². The lowest BCUT2D eigenvalue weighted by molar-refractivity contribution is 0.355. The summed E-state index contributed by atoms with van der Waals surface area (Å²) in [6, 6.07) is 6.66. The predicted molar refractivity (Wildman–Crippen MR) is 41.3 cm³/mol. The second-order valence-corrected chi connectivity index (χ2v) is 2.30. The van der Waals surface area contributed by atoms with Gasteiger partial charge in [-0.3, -0.25) is 5.11 Å². The highest BCUT2D eigenvalue weighted by Crippen LogP contribution is 2.15. The third-order valence-electron chi connectivity index (χ3n) is 1.35. The Labute approximate surface area is 60.6 Å². The van der Waals surface area contributed by atoms with Crippen molar-refractivity contribution in [3.05, 3.63) is 36.4 Å². The monoisotopic (exact) mass is 133 g/mol. The molecular formula is C9H9O. The Balaban J connectivity index is 3.00. The minimum atomic E-state index is 0.0463.